The van der Waals surface area contributed by atoms with E-state index in [1.165, 1.54) is 21.6 Å². The van der Waals surface area contributed by atoms with Crippen LogP contribution in [-0.2, 0) is 21.3 Å². The molecule has 0 saturated carbocycles. The Hall–Kier alpha value is -1.96. The highest BCUT2D eigenvalue weighted by atomic mass is 32.2. The molecule has 7 heteroatoms. The van der Waals surface area contributed by atoms with Crippen molar-refractivity contribution in [3.63, 3.8) is 0 Å². The van der Waals surface area contributed by atoms with Crippen molar-refractivity contribution in [2.45, 2.75) is 18.4 Å². The van der Waals surface area contributed by atoms with Crippen LogP contribution < -0.4 is 10.3 Å². The second-order valence-electron chi connectivity index (χ2n) is 5.73. The number of pyridine rings is 1. The smallest absolute Gasteiger partial charge is 0.272 e. The predicted molar refractivity (Wildman–Crippen MR) is 91.1 cm³/mol. The number of sulfonamides is 1. The summed E-state index contributed by atoms with van der Waals surface area (Å²) in [5.74, 6) is 0.777. The first-order valence-corrected chi connectivity index (χ1v) is 9.39. The van der Waals surface area contributed by atoms with Crippen molar-refractivity contribution >= 4 is 15.8 Å². The number of hydrogen-bond acceptors (Lipinski definition) is 4. The SMILES string of the molecule is Cc1ccccc1CNc1ccc(S(=O)(=O)N2CCOCC2)c[nH+]1. The highest BCUT2D eigenvalue weighted by Gasteiger charge is 2.27. The molecule has 2 N–H and O–H groups in total. The molecule has 1 fully saturated rings. The van der Waals surface area contributed by atoms with Crippen LogP contribution in [0.4, 0.5) is 5.82 Å². The van der Waals surface area contributed by atoms with Gasteiger partial charge >= 0.3 is 0 Å². The van der Waals surface area contributed by atoms with Crippen molar-refractivity contribution in [1.82, 2.24) is 4.31 Å². The van der Waals surface area contributed by atoms with Crippen molar-refractivity contribution < 1.29 is 18.1 Å². The monoisotopic (exact) mass is 348 g/mol. The van der Waals surface area contributed by atoms with Crippen LogP contribution in [0.1, 0.15) is 11.1 Å². The van der Waals surface area contributed by atoms with Gasteiger partial charge < -0.3 is 4.74 Å². The summed E-state index contributed by atoms with van der Waals surface area (Å²) in [4.78, 5) is 3.29. The van der Waals surface area contributed by atoms with Gasteiger partial charge in [0.25, 0.3) is 5.82 Å². The summed E-state index contributed by atoms with van der Waals surface area (Å²) >= 11 is 0. The number of rotatable bonds is 5. The molecule has 1 aromatic carbocycles. The number of aryl methyl sites for hydroxylation is 1. The van der Waals surface area contributed by atoms with Crippen LogP contribution in [-0.4, -0.2) is 39.0 Å². The molecule has 0 radical (unpaired) electrons. The summed E-state index contributed by atoms with van der Waals surface area (Å²) < 4.78 is 31.8. The van der Waals surface area contributed by atoms with Crippen LogP contribution in [0.3, 0.4) is 0 Å². The minimum absolute atomic E-state index is 0.269. The number of aromatic nitrogens is 1. The molecule has 2 heterocycles. The van der Waals surface area contributed by atoms with E-state index in [9.17, 15) is 8.42 Å². The number of ether oxygens (including phenoxy) is 1. The lowest BCUT2D eigenvalue weighted by Crippen LogP contribution is -2.40. The molecule has 0 aliphatic carbocycles. The third-order valence-electron chi connectivity index (χ3n) is 4.12. The standard InChI is InChI=1S/C17H21N3O3S/c1-14-4-2-3-5-15(14)12-18-17-7-6-16(13-19-17)24(21,22)20-8-10-23-11-9-20/h2-7,13H,8-12H2,1H3,(H,18,19)/p+1. The molecule has 0 unspecified atom stereocenters. The van der Waals surface area contributed by atoms with Crippen molar-refractivity contribution in [3.05, 3.63) is 53.7 Å². The second kappa shape index (κ2) is 7.29. The van der Waals surface area contributed by atoms with E-state index >= 15 is 0 Å². The highest BCUT2D eigenvalue weighted by Crippen LogP contribution is 2.16. The lowest BCUT2D eigenvalue weighted by molar-refractivity contribution is -0.364. The van der Waals surface area contributed by atoms with Crippen LogP contribution in [0.25, 0.3) is 0 Å². The van der Waals surface area contributed by atoms with Gasteiger partial charge in [-0.15, -0.1) is 0 Å². The molecule has 128 valence electrons. The van der Waals surface area contributed by atoms with Gasteiger partial charge in [-0.3, -0.25) is 5.32 Å². The predicted octanol–water partition coefficient (Wildman–Crippen LogP) is 1.44. The molecule has 3 rings (SSSR count). The van der Waals surface area contributed by atoms with Crippen molar-refractivity contribution in [3.8, 4) is 0 Å². The van der Waals surface area contributed by atoms with Crippen molar-refractivity contribution in [1.29, 1.82) is 0 Å². The summed E-state index contributed by atoms with van der Waals surface area (Å²) in [6.07, 6.45) is 1.53. The summed E-state index contributed by atoms with van der Waals surface area (Å²) in [6.45, 7) is 4.43. The van der Waals surface area contributed by atoms with Crippen LogP contribution >= 0.6 is 0 Å². The summed E-state index contributed by atoms with van der Waals surface area (Å²) in [5, 5.41) is 3.28. The molecule has 6 nitrogen and oxygen atoms in total. The zero-order chi connectivity index (χ0) is 17.0. The molecule has 24 heavy (non-hydrogen) atoms. The first-order valence-electron chi connectivity index (χ1n) is 7.95. The van der Waals surface area contributed by atoms with Crippen molar-refractivity contribution in [2.75, 3.05) is 31.6 Å². The maximum Gasteiger partial charge on any atom is 0.272 e. The molecule has 1 saturated heterocycles. The van der Waals surface area contributed by atoms with Crippen LogP contribution in [0.15, 0.2) is 47.5 Å². The Morgan fingerprint density at radius 2 is 1.92 bits per heavy atom. The fraction of sp³-hybridized carbons (Fsp3) is 0.353. The average molecular weight is 348 g/mol. The maximum absolute atomic E-state index is 12.6. The molecule has 1 aliphatic heterocycles. The normalized spacial score (nSPS) is 16.0. The Balaban J connectivity index is 1.68. The molecule has 1 aliphatic rings. The van der Waals surface area contributed by atoms with Gasteiger partial charge in [-0.2, -0.15) is 4.31 Å². The summed E-state index contributed by atoms with van der Waals surface area (Å²) in [6, 6.07) is 11.5. The number of morpholine rings is 1. The number of H-pyrrole nitrogens is 1. The van der Waals surface area contributed by atoms with Crippen LogP contribution in [0.2, 0.25) is 0 Å². The Morgan fingerprint density at radius 1 is 1.17 bits per heavy atom. The first-order chi connectivity index (χ1) is 11.6. The fourth-order valence-electron chi connectivity index (χ4n) is 2.62. The number of hydrogen-bond donors (Lipinski definition) is 1. The lowest BCUT2D eigenvalue weighted by Gasteiger charge is -2.25. The fourth-order valence-corrected chi connectivity index (χ4v) is 3.99. The Labute approximate surface area is 142 Å². The molecule has 0 bridgehead atoms. The van der Waals surface area contributed by atoms with E-state index in [2.05, 4.69) is 29.4 Å². The van der Waals surface area contributed by atoms with E-state index in [-0.39, 0.29) is 4.90 Å². The number of benzene rings is 1. The van der Waals surface area contributed by atoms with E-state index in [4.69, 9.17) is 4.74 Å². The average Bonchev–Trinajstić information content (AvgIpc) is 2.62. The number of aromatic amines is 1. The van der Waals surface area contributed by atoms with Gasteiger partial charge in [-0.05, 0) is 24.1 Å². The molecule has 0 amide bonds. The number of anilines is 1. The van der Waals surface area contributed by atoms with Crippen LogP contribution in [0.5, 0.6) is 0 Å². The van der Waals surface area contributed by atoms with Gasteiger partial charge in [-0.1, -0.05) is 24.3 Å². The molecule has 0 spiro atoms. The third kappa shape index (κ3) is 3.75. The zero-order valence-corrected chi connectivity index (χ0v) is 14.5. The molecule has 2 aromatic rings. The highest BCUT2D eigenvalue weighted by molar-refractivity contribution is 7.89. The first kappa shape index (κ1) is 16.9. The molecule has 0 atom stereocenters. The van der Waals surface area contributed by atoms with Gasteiger partial charge in [-0.25, -0.2) is 13.4 Å². The lowest BCUT2D eigenvalue weighted by atomic mass is 10.1. The van der Waals surface area contributed by atoms with E-state index in [1.807, 2.05) is 12.1 Å². The maximum atomic E-state index is 12.6. The van der Waals surface area contributed by atoms with E-state index in [0.717, 1.165) is 5.82 Å². The van der Waals surface area contributed by atoms with Crippen molar-refractivity contribution in [2.24, 2.45) is 0 Å². The topological polar surface area (TPSA) is 72.8 Å². The minimum Gasteiger partial charge on any atom is -0.379 e. The quantitative estimate of drug-likeness (QED) is 0.887. The summed E-state index contributed by atoms with van der Waals surface area (Å²) in [7, 11) is -3.46. The molecule has 1 aromatic heterocycles. The van der Waals surface area contributed by atoms with E-state index < -0.39 is 10.0 Å². The zero-order valence-electron chi connectivity index (χ0n) is 13.7. The second-order valence-corrected chi connectivity index (χ2v) is 7.67. The van der Waals surface area contributed by atoms with E-state index in [0.29, 0.717) is 32.8 Å². The minimum atomic E-state index is -3.46. The molecular formula is C17H22N3O3S+. The third-order valence-corrected chi connectivity index (χ3v) is 6.02. The Bertz CT molecular complexity index is 785. The summed E-state index contributed by atoms with van der Waals surface area (Å²) in [5.41, 5.74) is 2.42. The van der Waals surface area contributed by atoms with Gasteiger partial charge in [0.15, 0.2) is 0 Å². The van der Waals surface area contributed by atoms with Gasteiger partial charge in [0.2, 0.25) is 10.0 Å². The largest absolute Gasteiger partial charge is 0.379 e. The van der Waals surface area contributed by atoms with Crippen LogP contribution in [0, 0.1) is 6.92 Å². The van der Waals surface area contributed by atoms with Gasteiger partial charge in [0.05, 0.1) is 13.2 Å². The van der Waals surface area contributed by atoms with Gasteiger partial charge in [0, 0.05) is 19.2 Å². The van der Waals surface area contributed by atoms with Gasteiger partial charge in [0.1, 0.15) is 17.6 Å². The number of nitrogens with one attached hydrogen (secondary N) is 2. The number of nitrogens with zero attached hydrogens (tertiary/aromatic N) is 1. The molecular weight excluding hydrogens is 326 g/mol. The van der Waals surface area contributed by atoms with E-state index in [1.54, 1.807) is 12.1 Å². The Kier molecular flexibility index (Phi) is 5.13. The Morgan fingerprint density at radius 3 is 2.58 bits per heavy atom.